The van der Waals surface area contributed by atoms with Crippen LogP contribution in [0.4, 0.5) is 5.69 Å². The Labute approximate surface area is 181 Å². The summed E-state index contributed by atoms with van der Waals surface area (Å²) in [5.41, 5.74) is 5.71. The number of fused-ring (bicyclic) bond motifs is 1. The van der Waals surface area contributed by atoms with Crippen molar-refractivity contribution in [2.45, 2.75) is 19.4 Å². The molecule has 0 saturated carbocycles. The number of carbonyl (C=O) groups excluding carboxylic acids is 2. The molecule has 5 heteroatoms. The average molecular weight is 409 g/mol. The number of carbonyl (C=O) groups is 2. The van der Waals surface area contributed by atoms with Crippen LogP contribution in [0, 0.1) is 0 Å². The molecule has 5 nitrogen and oxygen atoms in total. The second-order valence-corrected chi connectivity index (χ2v) is 7.33. The summed E-state index contributed by atoms with van der Waals surface area (Å²) in [5.74, 6) is -0.221. The van der Waals surface area contributed by atoms with Crippen molar-refractivity contribution in [3.8, 4) is 0 Å². The molecule has 0 atom stereocenters. The van der Waals surface area contributed by atoms with Gasteiger partial charge >= 0.3 is 0 Å². The van der Waals surface area contributed by atoms with Gasteiger partial charge in [0.25, 0.3) is 5.91 Å². The Morgan fingerprint density at radius 1 is 1.06 bits per heavy atom. The topological polar surface area (TPSA) is 71.1 Å². The summed E-state index contributed by atoms with van der Waals surface area (Å²) < 4.78 is 0. The molecule has 2 heterocycles. The van der Waals surface area contributed by atoms with Gasteiger partial charge in [-0.2, -0.15) is 0 Å². The van der Waals surface area contributed by atoms with Crippen LogP contribution in [0.3, 0.4) is 0 Å². The zero-order valence-electron chi connectivity index (χ0n) is 17.0. The van der Waals surface area contributed by atoms with Gasteiger partial charge in [0.1, 0.15) is 0 Å². The van der Waals surface area contributed by atoms with Crippen LogP contribution in [0.1, 0.15) is 22.3 Å². The van der Waals surface area contributed by atoms with E-state index in [0.29, 0.717) is 19.4 Å². The summed E-state index contributed by atoms with van der Waals surface area (Å²) in [6, 6.07) is 19.5. The first-order valence-corrected chi connectivity index (χ1v) is 10.2. The Morgan fingerprint density at radius 3 is 2.77 bits per heavy atom. The van der Waals surface area contributed by atoms with Gasteiger partial charge in [-0.3, -0.25) is 14.6 Å². The molecule has 1 aromatic heterocycles. The van der Waals surface area contributed by atoms with Gasteiger partial charge in [0.05, 0.1) is 0 Å². The molecular weight excluding hydrogens is 386 g/mol. The highest BCUT2D eigenvalue weighted by atomic mass is 16.2. The van der Waals surface area contributed by atoms with Crippen LogP contribution < -0.4 is 10.6 Å². The predicted octanol–water partition coefficient (Wildman–Crippen LogP) is 4.07. The maximum absolute atomic E-state index is 12.4. The molecule has 0 bridgehead atoms. The maximum atomic E-state index is 12.4. The number of nitrogens with zero attached hydrogens (tertiary/aromatic N) is 1. The number of para-hydroxylation sites is 1. The van der Waals surface area contributed by atoms with Crippen LogP contribution >= 0.6 is 0 Å². The number of benzene rings is 2. The van der Waals surface area contributed by atoms with E-state index < -0.39 is 0 Å². The van der Waals surface area contributed by atoms with Crippen molar-refractivity contribution in [2.24, 2.45) is 0 Å². The zero-order valence-corrected chi connectivity index (χ0v) is 17.0. The summed E-state index contributed by atoms with van der Waals surface area (Å²) in [7, 11) is 0. The van der Waals surface area contributed by atoms with Crippen molar-refractivity contribution >= 4 is 23.6 Å². The predicted molar refractivity (Wildman–Crippen MR) is 122 cm³/mol. The SMILES string of the molecule is O=C(/C=C/c1ccccc1C/C=C1\Cc2ccccc2NC1=O)NCc1cccnc1. The van der Waals surface area contributed by atoms with E-state index in [9.17, 15) is 9.59 Å². The second-order valence-electron chi connectivity index (χ2n) is 7.33. The monoisotopic (exact) mass is 409 g/mol. The van der Waals surface area contributed by atoms with E-state index in [-0.39, 0.29) is 11.8 Å². The lowest BCUT2D eigenvalue weighted by atomic mass is 9.96. The summed E-state index contributed by atoms with van der Waals surface area (Å²) in [5, 5.41) is 5.81. The smallest absolute Gasteiger partial charge is 0.251 e. The van der Waals surface area contributed by atoms with Gasteiger partial charge in [0.15, 0.2) is 0 Å². The van der Waals surface area contributed by atoms with Crippen LogP contribution in [0.15, 0.2) is 90.8 Å². The molecule has 31 heavy (non-hydrogen) atoms. The largest absolute Gasteiger partial charge is 0.348 e. The molecule has 0 unspecified atom stereocenters. The lowest BCUT2D eigenvalue weighted by Gasteiger charge is -2.19. The van der Waals surface area contributed by atoms with Gasteiger partial charge in [-0.05, 0) is 46.9 Å². The van der Waals surface area contributed by atoms with Gasteiger partial charge < -0.3 is 10.6 Å². The zero-order chi connectivity index (χ0) is 21.5. The van der Waals surface area contributed by atoms with E-state index in [1.54, 1.807) is 12.4 Å². The first kappa shape index (κ1) is 20.3. The lowest BCUT2D eigenvalue weighted by molar-refractivity contribution is -0.116. The molecule has 1 aliphatic rings. The van der Waals surface area contributed by atoms with E-state index in [1.807, 2.05) is 72.8 Å². The number of nitrogens with one attached hydrogen (secondary N) is 2. The number of anilines is 1. The molecule has 2 aromatic carbocycles. The minimum atomic E-state index is -0.166. The van der Waals surface area contributed by atoms with E-state index in [1.165, 1.54) is 6.08 Å². The molecule has 0 radical (unpaired) electrons. The van der Waals surface area contributed by atoms with Crippen LogP contribution in [-0.2, 0) is 29.0 Å². The Kier molecular flexibility index (Phi) is 6.33. The van der Waals surface area contributed by atoms with Gasteiger partial charge in [-0.1, -0.05) is 54.6 Å². The van der Waals surface area contributed by atoms with E-state index >= 15 is 0 Å². The van der Waals surface area contributed by atoms with Crippen molar-refractivity contribution in [2.75, 3.05) is 5.32 Å². The fraction of sp³-hybridized carbons (Fsp3) is 0.115. The van der Waals surface area contributed by atoms with Crippen LogP contribution in [-0.4, -0.2) is 16.8 Å². The molecule has 154 valence electrons. The minimum Gasteiger partial charge on any atom is -0.348 e. The first-order chi connectivity index (χ1) is 15.2. The van der Waals surface area contributed by atoms with Crippen LogP contribution in [0.25, 0.3) is 6.08 Å². The quantitative estimate of drug-likeness (QED) is 0.603. The lowest BCUT2D eigenvalue weighted by Crippen LogP contribution is -2.22. The summed E-state index contributed by atoms with van der Waals surface area (Å²) in [6.07, 6.45) is 9.98. The first-order valence-electron chi connectivity index (χ1n) is 10.2. The van der Waals surface area contributed by atoms with Gasteiger partial charge in [0.2, 0.25) is 5.91 Å². The number of amides is 2. The molecule has 4 rings (SSSR count). The minimum absolute atomic E-state index is 0.0542. The summed E-state index contributed by atoms with van der Waals surface area (Å²) in [6.45, 7) is 0.432. The molecule has 2 amide bonds. The standard InChI is InChI=1S/C26H23N3O2/c30-25(28-18-19-6-5-15-27-17-19)14-13-21-8-2-1-7-20(21)11-12-23-16-22-9-3-4-10-24(22)29-26(23)31/h1-10,12-15,17H,11,16,18H2,(H,28,30)(H,29,31)/b14-13+,23-12+. The number of aromatic nitrogens is 1. The van der Waals surface area contributed by atoms with Gasteiger partial charge in [-0.15, -0.1) is 0 Å². The molecule has 3 aromatic rings. The third kappa shape index (κ3) is 5.34. The van der Waals surface area contributed by atoms with E-state index in [2.05, 4.69) is 15.6 Å². The van der Waals surface area contributed by atoms with Crippen molar-refractivity contribution in [3.63, 3.8) is 0 Å². The number of allylic oxidation sites excluding steroid dienone is 1. The maximum Gasteiger partial charge on any atom is 0.251 e. The van der Waals surface area contributed by atoms with Crippen molar-refractivity contribution < 1.29 is 9.59 Å². The Balaban J connectivity index is 1.41. The normalized spacial score (nSPS) is 14.3. The number of hydrogen-bond donors (Lipinski definition) is 2. The number of pyridine rings is 1. The number of rotatable bonds is 6. The summed E-state index contributed by atoms with van der Waals surface area (Å²) in [4.78, 5) is 28.6. The fourth-order valence-corrected chi connectivity index (χ4v) is 3.48. The Morgan fingerprint density at radius 2 is 1.90 bits per heavy atom. The van der Waals surface area contributed by atoms with Gasteiger partial charge in [0, 0.05) is 42.7 Å². The number of hydrogen-bond acceptors (Lipinski definition) is 3. The third-order valence-electron chi connectivity index (χ3n) is 5.17. The molecular formula is C26H23N3O2. The fourth-order valence-electron chi connectivity index (χ4n) is 3.48. The van der Waals surface area contributed by atoms with Crippen molar-refractivity contribution in [3.05, 3.63) is 113 Å². The van der Waals surface area contributed by atoms with E-state index in [4.69, 9.17) is 0 Å². The Bertz CT molecular complexity index is 1150. The van der Waals surface area contributed by atoms with Crippen LogP contribution in [0.5, 0.6) is 0 Å². The molecule has 1 aliphatic heterocycles. The Hall–Kier alpha value is -3.99. The van der Waals surface area contributed by atoms with E-state index in [0.717, 1.165) is 33.5 Å². The van der Waals surface area contributed by atoms with Crippen molar-refractivity contribution in [1.29, 1.82) is 0 Å². The third-order valence-corrected chi connectivity index (χ3v) is 5.17. The molecule has 0 aliphatic carbocycles. The molecule has 2 N–H and O–H groups in total. The highest BCUT2D eigenvalue weighted by Crippen LogP contribution is 2.25. The highest BCUT2D eigenvalue weighted by molar-refractivity contribution is 6.06. The van der Waals surface area contributed by atoms with Gasteiger partial charge in [-0.25, -0.2) is 0 Å². The summed E-state index contributed by atoms with van der Waals surface area (Å²) >= 11 is 0. The second kappa shape index (κ2) is 9.67. The molecule has 0 spiro atoms. The van der Waals surface area contributed by atoms with Crippen molar-refractivity contribution in [1.82, 2.24) is 10.3 Å². The average Bonchev–Trinajstić information content (AvgIpc) is 2.81. The highest BCUT2D eigenvalue weighted by Gasteiger charge is 2.19. The molecule has 0 saturated heterocycles. The van der Waals surface area contributed by atoms with Crippen LogP contribution in [0.2, 0.25) is 0 Å². The molecule has 0 fully saturated rings.